The van der Waals surface area contributed by atoms with Crippen molar-refractivity contribution in [1.29, 1.82) is 0 Å². The van der Waals surface area contributed by atoms with Crippen molar-refractivity contribution in [3.63, 3.8) is 0 Å². The van der Waals surface area contributed by atoms with Gasteiger partial charge in [-0.2, -0.15) is 0 Å². The van der Waals surface area contributed by atoms with Gasteiger partial charge in [0.2, 0.25) is 0 Å². The van der Waals surface area contributed by atoms with Crippen LogP contribution in [0.3, 0.4) is 0 Å². The monoisotopic (exact) mass is 345 g/mol. The van der Waals surface area contributed by atoms with Gasteiger partial charge < -0.3 is 5.73 Å². The standard InChI is InChI=1S/C14H11BrClF2N/c15-9-4-2-6-11(17)13(9)12(19)7-8-3-1-5-10(16)14(8)18/h1-6,12H,7,19H2. The molecule has 0 saturated carbocycles. The normalized spacial score (nSPS) is 12.5. The molecule has 0 aliphatic rings. The van der Waals surface area contributed by atoms with Gasteiger partial charge in [-0.1, -0.05) is 45.7 Å². The van der Waals surface area contributed by atoms with Crippen LogP contribution >= 0.6 is 27.5 Å². The molecule has 1 nitrogen and oxygen atoms in total. The lowest BCUT2D eigenvalue weighted by atomic mass is 9.99. The van der Waals surface area contributed by atoms with E-state index in [2.05, 4.69) is 15.9 Å². The lowest BCUT2D eigenvalue weighted by Gasteiger charge is -2.15. The second-order valence-electron chi connectivity index (χ2n) is 4.16. The van der Waals surface area contributed by atoms with Crippen LogP contribution in [0, 0.1) is 11.6 Å². The van der Waals surface area contributed by atoms with Gasteiger partial charge in [-0.3, -0.25) is 0 Å². The molecule has 0 fully saturated rings. The molecule has 0 amide bonds. The Labute approximate surface area is 123 Å². The summed E-state index contributed by atoms with van der Waals surface area (Å²) in [7, 11) is 0. The predicted molar refractivity (Wildman–Crippen MR) is 76.1 cm³/mol. The number of hydrogen-bond donors (Lipinski definition) is 1. The minimum atomic E-state index is -0.649. The summed E-state index contributed by atoms with van der Waals surface area (Å²) in [5.41, 5.74) is 6.67. The van der Waals surface area contributed by atoms with E-state index < -0.39 is 17.7 Å². The Morgan fingerprint density at radius 1 is 1.16 bits per heavy atom. The molecule has 5 heteroatoms. The summed E-state index contributed by atoms with van der Waals surface area (Å²) in [4.78, 5) is 0. The zero-order valence-corrected chi connectivity index (χ0v) is 12.2. The molecule has 0 heterocycles. The van der Waals surface area contributed by atoms with E-state index in [0.29, 0.717) is 15.6 Å². The van der Waals surface area contributed by atoms with Gasteiger partial charge in [0.1, 0.15) is 11.6 Å². The van der Waals surface area contributed by atoms with Gasteiger partial charge in [0.15, 0.2) is 0 Å². The number of benzene rings is 2. The molecular weight excluding hydrogens is 336 g/mol. The molecule has 0 spiro atoms. The summed E-state index contributed by atoms with van der Waals surface area (Å²) in [6.07, 6.45) is 0.173. The van der Waals surface area contributed by atoms with Crippen molar-refractivity contribution in [3.8, 4) is 0 Å². The zero-order valence-electron chi connectivity index (χ0n) is 9.84. The van der Waals surface area contributed by atoms with Gasteiger partial charge in [-0.05, 0) is 30.2 Å². The number of halogens is 4. The van der Waals surface area contributed by atoms with Crippen LogP contribution in [-0.2, 0) is 6.42 Å². The topological polar surface area (TPSA) is 26.0 Å². The molecule has 2 aromatic carbocycles. The summed E-state index contributed by atoms with van der Waals surface area (Å²) in [5, 5.41) is 0.0392. The van der Waals surface area contributed by atoms with Crippen molar-refractivity contribution in [2.45, 2.75) is 12.5 Å². The maximum absolute atomic E-state index is 13.8. The van der Waals surface area contributed by atoms with Crippen molar-refractivity contribution in [1.82, 2.24) is 0 Å². The molecule has 0 bridgehead atoms. The Balaban J connectivity index is 2.31. The molecule has 19 heavy (non-hydrogen) atoms. The molecule has 0 aliphatic carbocycles. The first-order valence-corrected chi connectivity index (χ1v) is 6.80. The Bertz CT molecular complexity index is 584. The van der Waals surface area contributed by atoms with Crippen molar-refractivity contribution < 1.29 is 8.78 Å². The van der Waals surface area contributed by atoms with Gasteiger partial charge in [-0.15, -0.1) is 0 Å². The van der Waals surface area contributed by atoms with Gasteiger partial charge in [-0.25, -0.2) is 8.78 Å². The molecule has 0 aliphatic heterocycles. The first-order chi connectivity index (χ1) is 9.00. The fraction of sp³-hybridized carbons (Fsp3) is 0.143. The maximum atomic E-state index is 13.8. The third-order valence-corrected chi connectivity index (χ3v) is 3.83. The summed E-state index contributed by atoms with van der Waals surface area (Å²) in [6.45, 7) is 0. The van der Waals surface area contributed by atoms with E-state index >= 15 is 0 Å². The van der Waals surface area contributed by atoms with E-state index in [9.17, 15) is 8.78 Å². The smallest absolute Gasteiger partial charge is 0.145 e. The minimum absolute atomic E-state index is 0.0392. The highest BCUT2D eigenvalue weighted by Crippen LogP contribution is 2.28. The Kier molecular flexibility index (Phi) is 4.55. The van der Waals surface area contributed by atoms with Crippen molar-refractivity contribution in [2.75, 3.05) is 0 Å². The average Bonchev–Trinajstić information content (AvgIpc) is 2.35. The van der Waals surface area contributed by atoms with Gasteiger partial charge in [0.05, 0.1) is 5.02 Å². The molecule has 1 atom stereocenters. The summed E-state index contributed by atoms with van der Waals surface area (Å²) < 4.78 is 28.1. The number of rotatable bonds is 3. The highest BCUT2D eigenvalue weighted by molar-refractivity contribution is 9.10. The molecule has 100 valence electrons. The van der Waals surface area contributed by atoms with E-state index in [1.54, 1.807) is 24.3 Å². The van der Waals surface area contributed by atoms with E-state index in [4.69, 9.17) is 17.3 Å². The van der Waals surface area contributed by atoms with Crippen LogP contribution in [0.2, 0.25) is 5.02 Å². The van der Waals surface area contributed by atoms with Crippen LogP contribution < -0.4 is 5.73 Å². The highest BCUT2D eigenvalue weighted by atomic mass is 79.9. The molecule has 0 radical (unpaired) electrons. The maximum Gasteiger partial charge on any atom is 0.145 e. The number of nitrogens with two attached hydrogens (primary N) is 1. The Morgan fingerprint density at radius 2 is 1.84 bits per heavy atom. The second-order valence-corrected chi connectivity index (χ2v) is 5.42. The Hall–Kier alpha value is -0.970. The molecule has 2 rings (SSSR count). The van der Waals surface area contributed by atoms with Crippen molar-refractivity contribution >= 4 is 27.5 Å². The van der Waals surface area contributed by atoms with E-state index in [0.717, 1.165) is 0 Å². The van der Waals surface area contributed by atoms with Crippen LogP contribution in [-0.4, -0.2) is 0 Å². The number of hydrogen-bond acceptors (Lipinski definition) is 1. The van der Waals surface area contributed by atoms with E-state index in [1.165, 1.54) is 12.1 Å². The van der Waals surface area contributed by atoms with Gasteiger partial charge >= 0.3 is 0 Å². The summed E-state index contributed by atoms with van der Waals surface area (Å²) >= 11 is 8.96. The van der Waals surface area contributed by atoms with Crippen molar-refractivity contribution in [3.05, 3.63) is 68.7 Å². The lowest BCUT2D eigenvalue weighted by molar-refractivity contribution is 0.561. The second kappa shape index (κ2) is 5.99. The summed E-state index contributed by atoms with van der Waals surface area (Å²) in [5.74, 6) is -0.920. The lowest BCUT2D eigenvalue weighted by Crippen LogP contribution is -2.16. The highest BCUT2D eigenvalue weighted by Gasteiger charge is 2.17. The third kappa shape index (κ3) is 3.14. The van der Waals surface area contributed by atoms with Crippen LogP contribution in [0.1, 0.15) is 17.2 Å². The predicted octanol–water partition coefficient (Wildman–Crippen LogP) is 4.62. The quantitative estimate of drug-likeness (QED) is 0.862. The zero-order chi connectivity index (χ0) is 14.0. The molecular formula is C14H11BrClF2N. The molecule has 2 N–H and O–H groups in total. The molecule has 0 saturated heterocycles. The van der Waals surface area contributed by atoms with Crippen LogP contribution in [0.15, 0.2) is 40.9 Å². The minimum Gasteiger partial charge on any atom is -0.324 e. The summed E-state index contributed by atoms with van der Waals surface area (Å²) in [6, 6.07) is 8.66. The average molecular weight is 347 g/mol. The third-order valence-electron chi connectivity index (χ3n) is 2.84. The van der Waals surface area contributed by atoms with Gasteiger partial charge in [0, 0.05) is 16.1 Å². The largest absolute Gasteiger partial charge is 0.324 e. The van der Waals surface area contributed by atoms with Crippen LogP contribution in [0.4, 0.5) is 8.78 Å². The first kappa shape index (κ1) is 14.4. The Morgan fingerprint density at radius 3 is 2.53 bits per heavy atom. The van der Waals surface area contributed by atoms with E-state index in [1.807, 2.05) is 0 Å². The van der Waals surface area contributed by atoms with Gasteiger partial charge in [0.25, 0.3) is 0 Å². The fourth-order valence-corrected chi connectivity index (χ4v) is 2.74. The SMILES string of the molecule is NC(Cc1cccc(Cl)c1F)c1c(F)cccc1Br. The fourth-order valence-electron chi connectivity index (χ4n) is 1.91. The molecule has 2 aromatic rings. The van der Waals surface area contributed by atoms with Crippen molar-refractivity contribution in [2.24, 2.45) is 5.73 Å². The molecule has 1 unspecified atom stereocenters. The molecule has 0 aromatic heterocycles. The van der Waals surface area contributed by atoms with Crippen LogP contribution in [0.25, 0.3) is 0 Å². The van der Waals surface area contributed by atoms with E-state index in [-0.39, 0.29) is 11.4 Å². The van der Waals surface area contributed by atoms with Crippen LogP contribution in [0.5, 0.6) is 0 Å². The first-order valence-electron chi connectivity index (χ1n) is 5.63.